The van der Waals surface area contributed by atoms with Gasteiger partial charge >= 0.3 is 0 Å². The Bertz CT molecular complexity index is 496. The third-order valence-corrected chi connectivity index (χ3v) is 3.60. The molecule has 0 radical (unpaired) electrons. The molecule has 0 fully saturated rings. The lowest BCUT2D eigenvalue weighted by molar-refractivity contribution is -0.433. The van der Waals surface area contributed by atoms with Crippen LogP contribution in [0.5, 0.6) is 5.75 Å². The molecule has 0 saturated heterocycles. The third kappa shape index (κ3) is 3.59. The van der Waals surface area contributed by atoms with E-state index in [2.05, 4.69) is 6.92 Å². The molecule has 0 aliphatic carbocycles. The highest BCUT2D eigenvalue weighted by atomic mass is 16.6. The fourth-order valence-corrected chi connectivity index (χ4v) is 2.48. The normalized spacial score (nSPS) is 17.1. The van der Waals surface area contributed by atoms with Crippen molar-refractivity contribution in [3.63, 3.8) is 0 Å². The minimum atomic E-state index is -0.415. The SMILES string of the molecule is CCCCCCCC1Oc2ccccc2C=C1[N+](=O)[O-]. The van der Waals surface area contributed by atoms with E-state index in [4.69, 9.17) is 4.74 Å². The molecule has 1 atom stereocenters. The zero-order valence-corrected chi connectivity index (χ0v) is 11.9. The molecule has 2 rings (SSSR count). The van der Waals surface area contributed by atoms with Crippen LogP contribution in [-0.4, -0.2) is 11.0 Å². The number of ether oxygens (including phenoxy) is 1. The Balaban J connectivity index is 2.00. The number of fused-ring (bicyclic) bond motifs is 1. The van der Waals surface area contributed by atoms with Crippen LogP contribution in [0.15, 0.2) is 30.0 Å². The lowest BCUT2D eigenvalue weighted by Crippen LogP contribution is -2.26. The van der Waals surface area contributed by atoms with E-state index in [9.17, 15) is 10.1 Å². The second-order valence-corrected chi connectivity index (χ2v) is 5.17. The second kappa shape index (κ2) is 7.08. The molecule has 108 valence electrons. The van der Waals surface area contributed by atoms with E-state index in [1.165, 1.54) is 19.3 Å². The van der Waals surface area contributed by atoms with E-state index >= 15 is 0 Å². The van der Waals surface area contributed by atoms with Crippen LogP contribution in [0.2, 0.25) is 0 Å². The summed E-state index contributed by atoms with van der Waals surface area (Å²) in [6, 6.07) is 7.46. The van der Waals surface area contributed by atoms with Gasteiger partial charge in [-0.05, 0) is 18.9 Å². The van der Waals surface area contributed by atoms with E-state index in [0.29, 0.717) is 6.42 Å². The van der Waals surface area contributed by atoms with Crippen LogP contribution in [-0.2, 0) is 0 Å². The molecule has 1 aromatic carbocycles. The van der Waals surface area contributed by atoms with Gasteiger partial charge in [0.05, 0.1) is 4.92 Å². The maximum absolute atomic E-state index is 11.2. The van der Waals surface area contributed by atoms with E-state index in [1.54, 1.807) is 6.08 Å². The summed E-state index contributed by atoms with van der Waals surface area (Å²) in [6.45, 7) is 2.18. The Morgan fingerprint density at radius 1 is 1.20 bits per heavy atom. The Labute approximate surface area is 119 Å². The first-order chi connectivity index (χ1) is 9.72. The van der Waals surface area contributed by atoms with Crippen molar-refractivity contribution in [3.8, 4) is 5.75 Å². The molecule has 1 aromatic rings. The fraction of sp³-hybridized carbons (Fsp3) is 0.500. The van der Waals surface area contributed by atoms with Crippen LogP contribution < -0.4 is 4.74 Å². The van der Waals surface area contributed by atoms with Crippen LogP contribution in [0.25, 0.3) is 6.08 Å². The molecule has 0 saturated carbocycles. The van der Waals surface area contributed by atoms with E-state index < -0.39 is 6.10 Å². The van der Waals surface area contributed by atoms with Gasteiger partial charge in [0.2, 0.25) is 0 Å². The number of nitro groups is 1. The highest BCUT2D eigenvalue weighted by Crippen LogP contribution is 2.31. The monoisotopic (exact) mass is 275 g/mol. The van der Waals surface area contributed by atoms with Crippen LogP contribution in [0.3, 0.4) is 0 Å². The van der Waals surface area contributed by atoms with Gasteiger partial charge in [0, 0.05) is 11.6 Å². The maximum Gasteiger partial charge on any atom is 0.287 e. The van der Waals surface area contributed by atoms with Crippen LogP contribution in [0.4, 0.5) is 0 Å². The largest absolute Gasteiger partial charge is 0.479 e. The number of unbranched alkanes of at least 4 members (excludes halogenated alkanes) is 4. The first-order valence-corrected chi connectivity index (χ1v) is 7.34. The van der Waals surface area contributed by atoms with Gasteiger partial charge in [0.1, 0.15) is 5.75 Å². The molecule has 1 heterocycles. The lowest BCUT2D eigenvalue weighted by atomic mass is 10.0. The lowest BCUT2D eigenvalue weighted by Gasteiger charge is -2.22. The summed E-state index contributed by atoms with van der Waals surface area (Å²) in [4.78, 5) is 10.9. The molecule has 20 heavy (non-hydrogen) atoms. The van der Waals surface area contributed by atoms with E-state index in [-0.39, 0.29) is 10.6 Å². The van der Waals surface area contributed by atoms with Gasteiger partial charge < -0.3 is 4.74 Å². The summed E-state index contributed by atoms with van der Waals surface area (Å²) in [6.07, 6.45) is 7.65. The molecule has 0 spiro atoms. The average Bonchev–Trinajstić information content (AvgIpc) is 2.46. The predicted octanol–water partition coefficient (Wildman–Crippen LogP) is 4.43. The summed E-state index contributed by atoms with van der Waals surface area (Å²) >= 11 is 0. The molecule has 0 aromatic heterocycles. The first-order valence-electron chi connectivity index (χ1n) is 7.34. The van der Waals surface area contributed by atoms with Crippen molar-refractivity contribution >= 4 is 6.08 Å². The molecule has 0 amide bonds. The first kappa shape index (κ1) is 14.6. The number of nitrogens with zero attached hydrogens (tertiary/aromatic N) is 1. The summed E-state index contributed by atoms with van der Waals surface area (Å²) in [5.74, 6) is 0.747. The third-order valence-electron chi connectivity index (χ3n) is 3.60. The predicted molar refractivity (Wildman–Crippen MR) is 79.2 cm³/mol. The molecular weight excluding hydrogens is 254 g/mol. The van der Waals surface area contributed by atoms with Crippen molar-refractivity contribution in [1.82, 2.24) is 0 Å². The molecule has 4 heteroatoms. The highest BCUT2D eigenvalue weighted by molar-refractivity contribution is 5.61. The van der Waals surface area contributed by atoms with Crippen LogP contribution in [0, 0.1) is 10.1 Å². The molecule has 0 bridgehead atoms. The second-order valence-electron chi connectivity index (χ2n) is 5.17. The number of para-hydroxylation sites is 1. The molecule has 1 aliphatic rings. The number of benzene rings is 1. The van der Waals surface area contributed by atoms with Gasteiger partial charge in [-0.3, -0.25) is 10.1 Å². The van der Waals surface area contributed by atoms with E-state index in [1.807, 2.05) is 24.3 Å². The fourth-order valence-electron chi connectivity index (χ4n) is 2.48. The van der Waals surface area contributed by atoms with Crippen molar-refractivity contribution in [3.05, 3.63) is 45.6 Å². The molecule has 1 unspecified atom stereocenters. The van der Waals surface area contributed by atoms with Crippen molar-refractivity contribution in [1.29, 1.82) is 0 Å². The van der Waals surface area contributed by atoms with Crippen molar-refractivity contribution in [2.45, 2.75) is 51.6 Å². The Hall–Kier alpha value is -1.84. The Morgan fingerprint density at radius 2 is 1.95 bits per heavy atom. The molecule has 4 nitrogen and oxygen atoms in total. The van der Waals surface area contributed by atoms with Gasteiger partial charge in [-0.15, -0.1) is 0 Å². The topological polar surface area (TPSA) is 52.4 Å². The minimum absolute atomic E-state index is 0.180. The number of rotatable bonds is 7. The van der Waals surface area contributed by atoms with Gasteiger partial charge in [-0.2, -0.15) is 0 Å². The summed E-state index contributed by atoms with van der Waals surface area (Å²) < 4.78 is 5.80. The van der Waals surface area contributed by atoms with Crippen molar-refractivity contribution in [2.75, 3.05) is 0 Å². The standard InChI is InChI=1S/C16H21NO3/c1-2-3-4-5-6-11-16-14(17(18)19)12-13-9-7-8-10-15(13)20-16/h7-10,12,16H,2-6,11H2,1H3. The Kier molecular flexibility index (Phi) is 5.16. The summed E-state index contributed by atoms with van der Waals surface area (Å²) in [5, 5.41) is 11.2. The van der Waals surface area contributed by atoms with E-state index in [0.717, 1.165) is 24.2 Å². The van der Waals surface area contributed by atoms with Gasteiger partial charge in [0.25, 0.3) is 5.70 Å². The van der Waals surface area contributed by atoms with Crippen LogP contribution >= 0.6 is 0 Å². The smallest absolute Gasteiger partial charge is 0.287 e. The zero-order chi connectivity index (χ0) is 14.4. The quantitative estimate of drug-likeness (QED) is 0.420. The molecular formula is C16H21NO3. The highest BCUT2D eigenvalue weighted by Gasteiger charge is 2.30. The van der Waals surface area contributed by atoms with Crippen molar-refractivity contribution < 1.29 is 9.66 Å². The number of hydrogen-bond acceptors (Lipinski definition) is 3. The van der Waals surface area contributed by atoms with Crippen LogP contribution in [0.1, 0.15) is 51.0 Å². The molecule has 1 aliphatic heterocycles. The Morgan fingerprint density at radius 3 is 2.70 bits per heavy atom. The van der Waals surface area contributed by atoms with Gasteiger partial charge in [-0.1, -0.05) is 50.8 Å². The van der Waals surface area contributed by atoms with Gasteiger partial charge in [0.15, 0.2) is 6.10 Å². The number of hydrogen-bond donors (Lipinski definition) is 0. The van der Waals surface area contributed by atoms with Gasteiger partial charge in [-0.25, -0.2) is 0 Å². The summed E-state index contributed by atoms with van der Waals surface area (Å²) in [5.41, 5.74) is 0.973. The summed E-state index contributed by atoms with van der Waals surface area (Å²) in [7, 11) is 0. The van der Waals surface area contributed by atoms with Crippen molar-refractivity contribution in [2.24, 2.45) is 0 Å². The minimum Gasteiger partial charge on any atom is -0.479 e. The zero-order valence-electron chi connectivity index (χ0n) is 11.9. The maximum atomic E-state index is 11.2. The average molecular weight is 275 g/mol. The molecule has 0 N–H and O–H groups in total.